The van der Waals surface area contributed by atoms with Crippen LogP contribution in [0.5, 0.6) is 0 Å². The number of rotatable bonds is 4. The van der Waals surface area contributed by atoms with Crippen LogP contribution < -0.4 is 11.1 Å². The summed E-state index contributed by atoms with van der Waals surface area (Å²) < 4.78 is 0. The minimum atomic E-state index is -0.573. The van der Waals surface area contributed by atoms with E-state index in [2.05, 4.69) is 10.5 Å². The number of oxime groups is 1. The van der Waals surface area contributed by atoms with Crippen molar-refractivity contribution in [3.05, 3.63) is 35.9 Å². The molecule has 4 N–H and O–H groups in total. The maximum Gasteiger partial charge on any atom is 0.224 e. The molecule has 1 saturated carbocycles. The molecule has 0 radical (unpaired) electrons. The van der Waals surface area contributed by atoms with Crippen LogP contribution in [0.4, 0.5) is 0 Å². The van der Waals surface area contributed by atoms with Gasteiger partial charge in [0.1, 0.15) is 6.04 Å². The van der Waals surface area contributed by atoms with Gasteiger partial charge < -0.3 is 16.3 Å². The van der Waals surface area contributed by atoms with Crippen molar-refractivity contribution < 1.29 is 10.0 Å². The van der Waals surface area contributed by atoms with Crippen LogP contribution in [0.25, 0.3) is 0 Å². The quantitative estimate of drug-likeness (QED) is 0.324. The summed E-state index contributed by atoms with van der Waals surface area (Å²) in [5, 5.41) is 14.6. The van der Waals surface area contributed by atoms with Crippen LogP contribution in [0.2, 0.25) is 0 Å². The van der Waals surface area contributed by atoms with Crippen molar-refractivity contribution in [2.45, 2.75) is 19.4 Å². The summed E-state index contributed by atoms with van der Waals surface area (Å²) in [5.74, 6) is 0.433. The van der Waals surface area contributed by atoms with Gasteiger partial charge in [0.2, 0.25) is 5.91 Å². The van der Waals surface area contributed by atoms with E-state index in [9.17, 15) is 4.79 Å². The first-order valence-electron chi connectivity index (χ1n) is 5.96. The SMILES string of the molecule is CC1CC1C(=O)NC(/C(N)=N/O)c1ccccc1. The Balaban J connectivity index is 2.14. The number of nitrogens with one attached hydrogen (secondary N) is 1. The first-order chi connectivity index (χ1) is 8.63. The van der Waals surface area contributed by atoms with Crippen molar-refractivity contribution in [1.82, 2.24) is 5.32 Å². The largest absolute Gasteiger partial charge is 0.409 e. The number of carbonyl (C=O) groups excluding carboxylic acids is 1. The van der Waals surface area contributed by atoms with Crippen LogP contribution in [-0.2, 0) is 4.79 Å². The Bertz CT molecular complexity index is 459. The molecule has 1 aromatic carbocycles. The Morgan fingerprint density at radius 1 is 1.50 bits per heavy atom. The van der Waals surface area contributed by atoms with Gasteiger partial charge in [-0.3, -0.25) is 4.79 Å². The number of nitrogens with zero attached hydrogens (tertiary/aromatic N) is 1. The normalized spacial score (nSPS) is 24.4. The molecule has 0 saturated heterocycles. The maximum atomic E-state index is 11.9. The molecule has 18 heavy (non-hydrogen) atoms. The second-order valence-corrected chi connectivity index (χ2v) is 4.70. The van der Waals surface area contributed by atoms with Crippen molar-refractivity contribution in [2.24, 2.45) is 22.7 Å². The number of benzene rings is 1. The molecular weight excluding hydrogens is 230 g/mol. The highest BCUT2D eigenvalue weighted by Crippen LogP contribution is 2.38. The topological polar surface area (TPSA) is 87.7 Å². The minimum Gasteiger partial charge on any atom is -0.409 e. The molecule has 5 heteroatoms. The Hall–Kier alpha value is -2.04. The van der Waals surface area contributed by atoms with Crippen molar-refractivity contribution in [2.75, 3.05) is 0 Å². The Morgan fingerprint density at radius 2 is 2.11 bits per heavy atom. The molecule has 1 aliphatic carbocycles. The van der Waals surface area contributed by atoms with Gasteiger partial charge in [-0.2, -0.15) is 0 Å². The molecule has 1 fully saturated rings. The fourth-order valence-electron chi connectivity index (χ4n) is 1.97. The van der Waals surface area contributed by atoms with E-state index < -0.39 is 6.04 Å². The van der Waals surface area contributed by atoms with Crippen molar-refractivity contribution in [3.63, 3.8) is 0 Å². The summed E-state index contributed by atoms with van der Waals surface area (Å²) >= 11 is 0. The predicted molar refractivity (Wildman–Crippen MR) is 68.0 cm³/mol. The minimum absolute atomic E-state index is 0.0112. The van der Waals surface area contributed by atoms with E-state index in [1.807, 2.05) is 37.3 Å². The lowest BCUT2D eigenvalue weighted by molar-refractivity contribution is -0.122. The molecule has 0 spiro atoms. The van der Waals surface area contributed by atoms with Gasteiger partial charge in [0.25, 0.3) is 0 Å². The molecule has 3 unspecified atom stereocenters. The van der Waals surface area contributed by atoms with E-state index in [0.717, 1.165) is 12.0 Å². The van der Waals surface area contributed by atoms with Gasteiger partial charge in [-0.25, -0.2) is 0 Å². The highest BCUT2D eigenvalue weighted by molar-refractivity contribution is 5.92. The average molecular weight is 247 g/mol. The summed E-state index contributed by atoms with van der Waals surface area (Å²) in [6.07, 6.45) is 0.906. The van der Waals surface area contributed by atoms with Crippen LogP contribution in [0, 0.1) is 11.8 Å². The molecule has 96 valence electrons. The smallest absolute Gasteiger partial charge is 0.224 e. The van der Waals surface area contributed by atoms with Crippen LogP contribution in [0.1, 0.15) is 24.9 Å². The third-order valence-electron chi connectivity index (χ3n) is 3.28. The van der Waals surface area contributed by atoms with E-state index in [4.69, 9.17) is 10.9 Å². The lowest BCUT2D eigenvalue weighted by atomic mass is 10.1. The van der Waals surface area contributed by atoms with E-state index in [0.29, 0.717) is 5.92 Å². The third kappa shape index (κ3) is 2.61. The third-order valence-corrected chi connectivity index (χ3v) is 3.28. The van der Waals surface area contributed by atoms with Crippen molar-refractivity contribution in [1.29, 1.82) is 0 Å². The zero-order valence-electron chi connectivity index (χ0n) is 10.2. The molecule has 0 aliphatic heterocycles. The second kappa shape index (κ2) is 5.08. The predicted octanol–water partition coefficient (Wildman–Crippen LogP) is 1.25. The fourth-order valence-corrected chi connectivity index (χ4v) is 1.97. The molecule has 0 bridgehead atoms. The molecule has 1 amide bonds. The number of amides is 1. The van der Waals surface area contributed by atoms with Gasteiger partial charge in [-0.1, -0.05) is 42.4 Å². The van der Waals surface area contributed by atoms with E-state index in [1.165, 1.54) is 0 Å². The molecular formula is C13H17N3O2. The molecule has 1 aliphatic rings. The van der Waals surface area contributed by atoms with Gasteiger partial charge >= 0.3 is 0 Å². The van der Waals surface area contributed by atoms with Crippen LogP contribution in [-0.4, -0.2) is 17.0 Å². The summed E-state index contributed by atoms with van der Waals surface area (Å²) in [7, 11) is 0. The lowest BCUT2D eigenvalue weighted by Crippen LogP contribution is -2.38. The van der Waals surface area contributed by atoms with E-state index in [-0.39, 0.29) is 17.7 Å². The zero-order valence-corrected chi connectivity index (χ0v) is 10.2. The molecule has 5 nitrogen and oxygen atoms in total. The Morgan fingerprint density at radius 3 is 2.61 bits per heavy atom. The van der Waals surface area contributed by atoms with Gasteiger partial charge in [-0.05, 0) is 17.9 Å². The molecule has 1 aromatic rings. The fraction of sp³-hybridized carbons (Fsp3) is 0.385. The van der Waals surface area contributed by atoms with Crippen molar-refractivity contribution >= 4 is 11.7 Å². The number of hydrogen-bond donors (Lipinski definition) is 3. The number of nitrogens with two attached hydrogens (primary N) is 1. The van der Waals surface area contributed by atoms with Crippen LogP contribution in [0.15, 0.2) is 35.5 Å². The highest BCUT2D eigenvalue weighted by Gasteiger charge is 2.40. The standard InChI is InChI=1S/C13H17N3O2/c1-8-7-10(8)13(17)15-11(12(14)16-18)9-5-3-2-4-6-9/h2-6,8,10-11,18H,7H2,1H3,(H2,14,16)(H,15,17). The average Bonchev–Trinajstić information content (AvgIpc) is 3.13. The van der Waals surface area contributed by atoms with Crippen molar-refractivity contribution in [3.8, 4) is 0 Å². The lowest BCUT2D eigenvalue weighted by Gasteiger charge is -2.17. The van der Waals surface area contributed by atoms with E-state index >= 15 is 0 Å². The Kier molecular flexibility index (Phi) is 3.50. The van der Waals surface area contributed by atoms with Crippen LogP contribution >= 0.6 is 0 Å². The molecule has 3 atom stereocenters. The molecule has 0 heterocycles. The zero-order chi connectivity index (χ0) is 13.1. The second-order valence-electron chi connectivity index (χ2n) is 4.70. The molecule has 0 aromatic heterocycles. The van der Waals surface area contributed by atoms with Crippen LogP contribution in [0.3, 0.4) is 0 Å². The summed E-state index contributed by atoms with van der Waals surface area (Å²) in [6.45, 7) is 2.03. The van der Waals surface area contributed by atoms with Gasteiger partial charge in [-0.15, -0.1) is 0 Å². The van der Waals surface area contributed by atoms with E-state index in [1.54, 1.807) is 0 Å². The highest BCUT2D eigenvalue weighted by atomic mass is 16.4. The Labute approximate surface area is 106 Å². The van der Waals surface area contributed by atoms with Gasteiger partial charge in [0.05, 0.1) is 0 Å². The monoisotopic (exact) mass is 247 g/mol. The number of carbonyl (C=O) groups is 1. The summed E-state index contributed by atoms with van der Waals surface area (Å²) in [4.78, 5) is 11.9. The van der Waals surface area contributed by atoms with Gasteiger partial charge in [0.15, 0.2) is 5.84 Å². The number of hydrogen-bond acceptors (Lipinski definition) is 3. The molecule has 2 rings (SSSR count). The maximum absolute atomic E-state index is 11.9. The first kappa shape index (κ1) is 12.4. The number of amidine groups is 1. The summed E-state index contributed by atoms with van der Waals surface area (Å²) in [6, 6.07) is 8.66. The first-order valence-corrected chi connectivity index (χ1v) is 5.96. The van der Waals surface area contributed by atoms with Gasteiger partial charge in [0, 0.05) is 5.92 Å². The summed E-state index contributed by atoms with van der Waals surface area (Å²) in [5.41, 5.74) is 6.44.